The Hall–Kier alpha value is -1.59. The van der Waals surface area contributed by atoms with Gasteiger partial charge in [-0.25, -0.2) is 4.79 Å². The molecule has 2 atom stereocenters. The molecule has 0 aromatic rings. The SMILES string of the molecule is CC(C)C(NC(=O)C1CC1)C(=O)N1CCCC1C(=O)O. The van der Waals surface area contributed by atoms with Crippen molar-refractivity contribution in [3.05, 3.63) is 0 Å². The Morgan fingerprint density at radius 3 is 2.35 bits per heavy atom. The molecule has 2 unspecified atom stereocenters. The van der Waals surface area contributed by atoms with Crippen molar-refractivity contribution in [1.29, 1.82) is 0 Å². The Balaban J connectivity index is 2.05. The van der Waals surface area contributed by atoms with Crippen molar-refractivity contribution in [3.8, 4) is 0 Å². The molecule has 1 saturated heterocycles. The fourth-order valence-electron chi connectivity index (χ4n) is 2.60. The third-order valence-electron chi connectivity index (χ3n) is 4.00. The van der Waals surface area contributed by atoms with Gasteiger partial charge in [-0.15, -0.1) is 0 Å². The lowest BCUT2D eigenvalue weighted by Crippen LogP contribution is -2.54. The highest BCUT2D eigenvalue weighted by Gasteiger charge is 2.40. The topological polar surface area (TPSA) is 86.7 Å². The molecule has 0 aromatic carbocycles. The summed E-state index contributed by atoms with van der Waals surface area (Å²) >= 11 is 0. The van der Waals surface area contributed by atoms with Crippen LogP contribution in [0.1, 0.15) is 39.5 Å². The van der Waals surface area contributed by atoms with Gasteiger partial charge < -0.3 is 15.3 Å². The van der Waals surface area contributed by atoms with E-state index in [0.717, 1.165) is 12.8 Å². The van der Waals surface area contributed by atoms with E-state index < -0.39 is 18.1 Å². The average Bonchev–Trinajstić information content (AvgIpc) is 3.11. The summed E-state index contributed by atoms with van der Waals surface area (Å²) in [4.78, 5) is 37.0. The molecule has 20 heavy (non-hydrogen) atoms. The molecule has 1 aliphatic heterocycles. The van der Waals surface area contributed by atoms with Gasteiger partial charge in [0.2, 0.25) is 11.8 Å². The monoisotopic (exact) mass is 282 g/mol. The van der Waals surface area contributed by atoms with Crippen LogP contribution in [0.4, 0.5) is 0 Å². The Labute approximate surface area is 118 Å². The molecule has 0 bridgehead atoms. The van der Waals surface area contributed by atoms with Crippen LogP contribution in [-0.2, 0) is 14.4 Å². The fraction of sp³-hybridized carbons (Fsp3) is 0.786. The number of amides is 2. The van der Waals surface area contributed by atoms with E-state index in [1.165, 1.54) is 4.90 Å². The number of carboxylic acids is 1. The highest BCUT2D eigenvalue weighted by Crippen LogP contribution is 2.29. The summed E-state index contributed by atoms with van der Waals surface area (Å²) in [6, 6.07) is -1.37. The molecule has 2 fully saturated rings. The number of aliphatic carboxylic acids is 1. The van der Waals surface area contributed by atoms with Crippen LogP contribution in [0, 0.1) is 11.8 Å². The average molecular weight is 282 g/mol. The molecule has 0 spiro atoms. The van der Waals surface area contributed by atoms with Crippen LogP contribution in [-0.4, -0.2) is 46.4 Å². The first-order valence-electron chi connectivity index (χ1n) is 7.25. The molecular formula is C14H22N2O4. The van der Waals surface area contributed by atoms with Crippen LogP contribution in [0.5, 0.6) is 0 Å². The maximum absolute atomic E-state index is 12.5. The van der Waals surface area contributed by atoms with Crippen molar-refractivity contribution in [2.45, 2.75) is 51.6 Å². The predicted molar refractivity (Wildman–Crippen MR) is 71.9 cm³/mol. The zero-order valence-corrected chi connectivity index (χ0v) is 12.0. The molecule has 2 aliphatic rings. The second-order valence-electron chi connectivity index (χ2n) is 6.03. The fourth-order valence-corrected chi connectivity index (χ4v) is 2.60. The van der Waals surface area contributed by atoms with Crippen LogP contribution in [0.15, 0.2) is 0 Å². The summed E-state index contributed by atoms with van der Waals surface area (Å²) < 4.78 is 0. The maximum Gasteiger partial charge on any atom is 0.326 e. The summed E-state index contributed by atoms with van der Waals surface area (Å²) in [6.45, 7) is 4.18. The Kier molecular flexibility index (Phi) is 4.30. The Morgan fingerprint density at radius 2 is 1.85 bits per heavy atom. The van der Waals surface area contributed by atoms with E-state index in [2.05, 4.69) is 5.32 Å². The van der Waals surface area contributed by atoms with E-state index in [1.54, 1.807) is 0 Å². The van der Waals surface area contributed by atoms with Crippen LogP contribution in [0.25, 0.3) is 0 Å². The van der Waals surface area contributed by atoms with Crippen LogP contribution >= 0.6 is 0 Å². The molecule has 0 radical (unpaired) electrons. The number of likely N-dealkylation sites (tertiary alicyclic amines) is 1. The maximum atomic E-state index is 12.5. The van der Waals surface area contributed by atoms with Crippen LogP contribution in [0.2, 0.25) is 0 Å². The summed E-state index contributed by atoms with van der Waals surface area (Å²) in [5.74, 6) is -1.33. The lowest BCUT2D eigenvalue weighted by molar-refractivity contribution is -0.150. The number of hydrogen-bond acceptors (Lipinski definition) is 3. The summed E-state index contributed by atoms with van der Waals surface area (Å²) in [5.41, 5.74) is 0. The molecule has 1 saturated carbocycles. The van der Waals surface area contributed by atoms with Crippen molar-refractivity contribution in [2.75, 3.05) is 6.54 Å². The molecular weight excluding hydrogens is 260 g/mol. The van der Waals surface area contributed by atoms with E-state index in [0.29, 0.717) is 19.4 Å². The van der Waals surface area contributed by atoms with Crippen molar-refractivity contribution in [2.24, 2.45) is 11.8 Å². The molecule has 1 heterocycles. The molecule has 6 nitrogen and oxygen atoms in total. The second-order valence-corrected chi connectivity index (χ2v) is 6.03. The number of nitrogens with one attached hydrogen (secondary N) is 1. The summed E-state index contributed by atoms with van der Waals surface area (Å²) in [7, 11) is 0. The number of carbonyl (C=O) groups excluding carboxylic acids is 2. The number of rotatable bonds is 5. The smallest absolute Gasteiger partial charge is 0.326 e. The van der Waals surface area contributed by atoms with Gasteiger partial charge in [0.05, 0.1) is 0 Å². The predicted octanol–water partition coefficient (Wildman–Crippen LogP) is 0.613. The van der Waals surface area contributed by atoms with Crippen molar-refractivity contribution < 1.29 is 19.5 Å². The molecule has 1 aliphatic carbocycles. The van der Waals surface area contributed by atoms with Gasteiger partial charge in [0.15, 0.2) is 0 Å². The van der Waals surface area contributed by atoms with Gasteiger partial charge in [0.25, 0.3) is 0 Å². The highest BCUT2D eigenvalue weighted by molar-refractivity contribution is 5.92. The van der Waals surface area contributed by atoms with Gasteiger partial charge in [0, 0.05) is 12.5 Å². The minimum atomic E-state index is -0.966. The quantitative estimate of drug-likeness (QED) is 0.773. The van der Waals surface area contributed by atoms with E-state index in [9.17, 15) is 14.4 Å². The minimum Gasteiger partial charge on any atom is -0.480 e. The van der Waals surface area contributed by atoms with E-state index >= 15 is 0 Å². The molecule has 2 rings (SSSR count). The largest absolute Gasteiger partial charge is 0.480 e. The van der Waals surface area contributed by atoms with Gasteiger partial charge in [-0.05, 0) is 31.6 Å². The third kappa shape index (κ3) is 3.11. The third-order valence-corrected chi connectivity index (χ3v) is 4.00. The molecule has 6 heteroatoms. The van der Waals surface area contributed by atoms with Gasteiger partial charge in [-0.1, -0.05) is 13.8 Å². The van der Waals surface area contributed by atoms with Gasteiger partial charge >= 0.3 is 5.97 Å². The van der Waals surface area contributed by atoms with Gasteiger partial charge in [-0.2, -0.15) is 0 Å². The second kappa shape index (κ2) is 5.81. The molecule has 2 N–H and O–H groups in total. The Bertz CT molecular complexity index is 417. The highest BCUT2D eigenvalue weighted by atomic mass is 16.4. The zero-order valence-electron chi connectivity index (χ0n) is 12.0. The van der Waals surface area contributed by atoms with Gasteiger partial charge in [0.1, 0.15) is 12.1 Å². The van der Waals surface area contributed by atoms with Crippen molar-refractivity contribution >= 4 is 17.8 Å². The summed E-state index contributed by atoms with van der Waals surface area (Å²) in [6.07, 6.45) is 2.95. The van der Waals surface area contributed by atoms with Crippen molar-refractivity contribution in [3.63, 3.8) is 0 Å². The first-order chi connectivity index (χ1) is 9.41. The standard InChI is InChI=1S/C14H22N2O4/c1-8(2)11(15-12(17)9-5-6-9)13(18)16-7-3-4-10(16)14(19)20/h8-11H,3-7H2,1-2H3,(H,15,17)(H,19,20). The number of carbonyl (C=O) groups is 3. The van der Waals surface area contributed by atoms with E-state index in [4.69, 9.17) is 5.11 Å². The summed E-state index contributed by atoms with van der Waals surface area (Å²) in [5, 5.41) is 11.9. The van der Waals surface area contributed by atoms with Gasteiger partial charge in [-0.3, -0.25) is 9.59 Å². The number of carboxylic acid groups (broad SMARTS) is 1. The number of nitrogens with zero attached hydrogens (tertiary/aromatic N) is 1. The van der Waals surface area contributed by atoms with Crippen LogP contribution < -0.4 is 5.32 Å². The van der Waals surface area contributed by atoms with Crippen LogP contribution in [0.3, 0.4) is 0 Å². The lowest BCUT2D eigenvalue weighted by Gasteiger charge is -2.29. The zero-order chi connectivity index (χ0) is 14.9. The molecule has 2 amide bonds. The normalized spacial score (nSPS) is 23.8. The molecule has 112 valence electrons. The van der Waals surface area contributed by atoms with E-state index in [-0.39, 0.29) is 23.7 Å². The first-order valence-corrected chi connectivity index (χ1v) is 7.25. The minimum absolute atomic E-state index is 0.0397. The van der Waals surface area contributed by atoms with Crippen molar-refractivity contribution in [1.82, 2.24) is 10.2 Å². The Morgan fingerprint density at radius 1 is 1.20 bits per heavy atom. The first kappa shape index (κ1) is 14.8. The van der Waals surface area contributed by atoms with E-state index in [1.807, 2.05) is 13.8 Å². The molecule has 0 aromatic heterocycles. The lowest BCUT2D eigenvalue weighted by atomic mass is 10.0. The number of hydrogen-bond donors (Lipinski definition) is 2.